The van der Waals surface area contributed by atoms with Crippen molar-refractivity contribution in [1.82, 2.24) is 9.58 Å². The molecule has 1 aromatic heterocycles. The monoisotopic (exact) mass is 504 g/mol. The van der Waals surface area contributed by atoms with Gasteiger partial charge in [-0.1, -0.05) is 12.1 Å². The number of nitrogens with zero attached hydrogens (tertiary/aromatic N) is 4. The molecule has 1 saturated heterocycles. The lowest BCUT2D eigenvalue weighted by Crippen LogP contribution is -2.38. The normalized spacial score (nSPS) is 15.5. The molecule has 0 spiro atoms. The molecule has 1 aliphatic rings. The molecule has 0 bridgehead atoms. The van der Waals surface area contributed by atoms with Crippen molar-refractivity contribution in [3.05, 3.63) is 64.3 Å². The van der Waals surface area contributed by atoms with E-state index in [9.17, 15) is 8.78 Å². The van der Waals surface area contributed by atoms with Crippen LogP contribution in [0.3, 0.4) is 0 Å². The van der Waals surface area contributed by atoms with Crippen molar-refractivity contribution in [2.75, 3.05) is 45.6 Å². The van der Waals surface area contributed by atoms with Crippen LogP contribution in [0.2, 0.25) is 0 Å². The van der Waals surface area contributed by atoms with Crippen molar-refractivity contribution < 1.29 is 18.3 Å². The third-order valence-corrected chi connectivity index (χ3v) is 6.86. The van der Waals surface area contributed by atoms with E-state index in [1.165, 1.54) is 28.4 Å². The van der Waals surface area contributed by atoms with Crippen LogP contribution in [0.4, 0.5) is 8.78 Å². The predicted molar refractivity (Wildman–Crippen MR) is 133 cm³/mol. The average molecular weight is 505 g/mol. The van der Waals surface area contributed by atoms with Gasteiger partial charge in [-0.25, -0.2) is 4.68 Å². The summed E-state index contributed by atoms with van der Waals surface area (Å²) in [6.45, 7) is 2.01. The maximum absolute atomic E-state index is 12.5. The molecule has 2 aromatic carbocycles. The molecule has 1 fully saturated rings. The summed E-state index contributed by atoms with van der Waals surface area (Å²) >= 11 is 3.19. The van der Waals surface area contributed by atoms with E-state index < -0.39 is 6.61 Å². The summed E-state index contributed by atoms with van der Waals surface area (Å²) < 4.78 is 36.7. The minimum absolute atomic E-state index is 0.119. The molecule has 0 aliphatic carbocycles. The fourth-order valence-electron chi connectivity index (χ4n) is 3.45. The zero-order valence-corrected chi connectivity index (χ0v) is 20.4. The number of benzene rings is 2. The van der Waals surface area contributed by atoms with Crippen LogP contribution in [-0.2, 0) is 4.74 Å². The van der Waals surface area contributed by atoms with Gasteiger partial charge >= 0.3 is 6.61 Å². The number of morpholine rings is 1. The molecule has 0 N–H and O–H groups in total. The minimum atomic E-state index is -2.85. The van der Waals surface area contributed by atoms with E-state index >= 15 is 0 Å². The molecule has 0 unspecified atom stereocenters. The standard InChI is InChI=1S/C24H26F2N4O2S2/c1-33-21-8-2-18(3-9-21)16-28-30-22(19-4-6-20(7-5-19)32-23(25)26)17-34-24(30)27-10-11-29-12-14-31-15-13-29/h2-9,16-17,23H,10-15H2,1H3. The fraction of sp³-hybridized carbons (Fsp3) is 0.333. The van der Waals surface area contributed by atoms with E-state index in [2.05, 4.69) is 21.8 Å². The lowest BCUT2D eigenvalue weighted by atomic mass is 10.2. The Morgan fingerprint density at radius 3 is 2.53 bits per heavy atom. The minimum Gasteiger partial charge on any atom is -0.435 e. The lowest BCUT2D eigenvalue weighted by Gasteiger charge is -2.25. The van der Waals surface area contributed by atoms with E-state index in [0.29, 0.717) is 6.54 Å². The number of thiazole rings is 1. The zero-order chi connectivity index (χ0) is 23.8. The predicted octanol–water partition coefficient (Wildman–Crippen LogP) is 4.66. The third kappa shape index (κ3) is 6.75. The first kappa shape index (κ1) is 24.6. The van der Waals surface area contributed by atoms with E-state index in [-0.39, 0.29) is 5.75 Å². The van der Waals surface area contributed by atoms with Gasteiger partial charge in [-0.05, 0) is 48.2 Å². The Morgan fingerprint density at radius 2 is 1.85 bits per heavy atom. The van der Waals surface area contributed by atoms with Crippen LogP contribution in [0.25, 0.3) is 11.3 Å². The van der Waals surface area contributed by atoms with Gasteiger partial charge in [0.2, 0.25) is 4.80 Å². The van der Waals surface area contributed by atoms with E-state index in [0.717, 1.165) is 54.5 Å². The van der Waals surface area contributed by atoms with Crippen molar-refractivity contribution in [2.24, 2.45) is 10.1 Å². The van der Waals surface area contributed by atoms with Crippen LogP contribution in [0, 0.1) is 0 Å². The number of ether oxygens (including phenoxy) is 2. The molecule has 2 heterocycles. The van der Waals surface area contributed by atoms with Gasteiger partial charge in [-0.3, -0.25) is 9.89 Å². The third-order valence-electron chi connectivity index (χ3n) is 5.27. The van der Waals surface area contributed by atoms with E-state index in [1.54, 1.807) is 34.8 Å². The topological polar surface area (TPSA) is 51.3 Å². The number of hydrogen-bond donors (Lipinski definition) is 0. The van der Waals surface area contributed by atoms with Crippen molar-refractivity contribution in [3.8, 4) is 17.0 Å². The summed E-state index contributed by atoms with van der Waals surface area (Å²) in [5.41, 5.74) is 2.64. The molecular formula is C24H26F2N4O2S2. The molecule has 6 nitrogen and oxygen atoms in total. The van der Waals surface area contributed by atoms with E-state index in [1.807, 2.05) is 23.8 Å². The second-order valence-corrected chi connectivity index (χ2v) is 9.19. The number of hydrogen-bond acceptors (Lipinski definition) is 7. The molecule has 1 aliphatic heterocycles. The molecule has 4 rings (SSSR count). The first-order valence-electron chi connectivity index (χ1n) is 10.9. The molecule has 0 saturated carbocycles. The molecular weight excluding hydrogens is 478 g/mol. The first-order valence-corrected chi connectivity index (χ1v) is 13.0. The van der Waals surface area contributed by atoms with E-state index in [4.69, 9.17) is 14.8 Å². The Hall–Kier alpha value is -2.53. The average Bonchev–Trinajstić information content (AvgIpc) is 3.26. The molecule has 0 amide bonds. The molecule has 180 valence electrons. The number of aromatic nitrogens is 1. The number of rotatable bonds is 9. The highest BCUT2D eigenvalue weighted by molar-refractivity contribution is 7.98. The molecule has 0 radical (unpaired) electrons. The molecule has 34 heavy (non-hydrogen) atoms. The maximum atomic E-state index is 12.5. The smallest absolute Gasteiger partial charge is 0.387 e. The van der Waals surface area contributed by atoms with Crippen LogP contribution in [0.1, 0.15) is 5.56 Å². The van der Waals surface area contributed by atoms with Gasteiger partial charge in [0.05, 0.1) is 31.7 Å². The molecule has 3 aromatic rings. The number of alkyl halides is 2. The Balaban J connectivity index is 1.60. The molecule has 10 heteroatoms. The fourth-order valence-corrected chi connectivity index (χ4v) is 4.72. The van der Waals surface area contributed by atoms with Crippen LogP contribution in [0.15, 0.2) is 68.9 Å². The Bertz CT molecular complexity index is 1140. The lowest BCUT2D eigenvalue weighted by molar-refractivity contribution is -0.0498. The highest BCUT2D eigenvalue weighted by atomic mass is 32.2. The molecule has 0 atom stereocenters. The summed E-state index contributed by atoms with van der Waals surface area (Å²) in [6, 6.07) is 14.7. The quantitative estimate of drug-likeness (QED) is 0.314. The summed E-state index contributed by atoms with van der Waals surface area (Å²) in [4.78, 5) is 9.10. The van der Waals surface area contributed by atoms with Crippen molar-refractivity contribution in [1.29, 1.82) is 0 Å². The summed E-state index contributed by atoms with van der Waals surface area (Å²) in [7, 11) is 0. The zero-order valence-electron chi connectivity index (χ0n) is 18.8. The van der Waals surface area contributed by atoms with Gasteiger partial charge < -0.3 is 9.47 Å². The Labute approximate surface area is 205 Å². The Kier molecular flexibility index (Phi) is 8.86. The second-order valence-electron chi connectivity index (χ2n) is 7.47. The van der Waals surface area contributed by atoms with Crippen LogP contribution in [-0.4, -0.2) is 68.1 Å². The van der Waals surface area contributed by atoms with Gasteiger partial charge in [0, 0.05) is 35.5 Å². The van der Waals surface area contributed by atoms with Gasteiger partial charge in [0.15, 0.2) is 0 Å². The number of halogens is 2. The van der Waals surface area contributed by atoms with Crippen LogP contribution in [0.5, 0.6) is 5.75 Å². The van der Waals surface area contributed by atoms with Gasteiger partial charge in [0.25, 0.3) is 0 Å². The van der Waals surface area contributed by atoms with Crippen LogP contribution < -0.4 is 9.54 Å². The highest BCUT2D eigenvalue weighted by Gasteiger charge is 2.11. The van der Waals surface area contributed by atoms with Gasteiger partial charge in [-0.2, -0.15) is 13.9 Å². The second kappa shape index (κ2) is 12.3. The van der Waals surface area contributed by atoms with Gasteiger partial charge in [-0.15, -0.1) is 23.1 Å². The SMILES string of the molecule is CSc1ccc(C=Nn2c(-c3ccc(OC(F)F)cc3)csc2=NCCN2CCOCC2)cc1. The maximum Gasteiger partial charge on any atom is 0.387 e. The number of thioether (sulfide) groups is 1. The van der Waals surface area contributed by atoms with Crippen molar-refractivity contribution >= 4 is 29.3 Å². The summed E-state index contributed by atoms with van der Waals surface area (Å²) in [5, 5.41) is 6.70. The largest absolute Gasteiger partial charge is 0.435 e. The summed E-state index contributed by atoms with van der Waals surface area (Å²) in [6.07, 6.45) is 3.84. The highest BCUT2D eigenvalue weighted by Crippen LogP contribution is 2.24. The van der Waals surface area contributed by atoms with Crippen LogP contribution >= 0.6 is 23.1 Å². The van der Waals surface area contributed by atoms with Crippen molar-refractivity contribution in [3.63, 3.8) is 0 Å². The summed E-state index contributed by atoms with van der Waals surface area (Å²) in [5.74, 6) is 0.119. The first-order chi connectivity index (χ1) is 16.6. The van der Waals surface area contributed by atoms with Crippen molar-refractivity contribution in [2.45, 2.75) is 11.5 Å². The Morgan fingerprint density at radius 1 is 1.12 bits per heavy atom. The van der Waals surface area contributed by atoms with Gasteiger partial charge in [0.1, 0.15) is 5.75 Å².